The maximum Gasteiger partial charge on any atom is 0.573 e. The highest BCUT2D eigenvalue weighted by atomic mass is 35.5. The number of nitrogens with zero attached hydrogens (tertiary/aromatic N) is 1. The summed E-state index contributed by atoms with van der Waals surface area (Å²) in [6, 6.07) is 15.1. The molecule has 0 aromatic heterocycles. The molecular weight excluding hydrogens is 504 g/mol. The van der Waals surface area contributed by atoms with Crippen molar-refractivity contribution < 1.29 is 31.1 Å². The molecule has 3 aromatic rings. The first-order valence-electron chi connectivity index (χ1n) is 9.16. The van der Waals surface area contributed by atoms with Gasteiger partial charge in [0.05, 0.1) is 5.56 Å². The zero-order chi connectivity index (χ0) is 23.8. The van der Waals surface area contributed by atoms with Gasteiger partial charge in [0.1, 0.15) is 27.6 Å². The highest BCUT2D eigenvalue weighted by Gasteiger charge is 2.31. The van der Waals surface area contributed by atoms with Crippen molar-refractivity contribution in [2.24, 2.45) is 4.99 Å². The molecule has 0 bridgehead atoms. The minimum Gasteiger partial charge on any atom is -0.454 e. The van der Waals surface area contributed by atoms with Crippen LogP contribution in [0, 0.1) is 0 Å². The maximum atomic E-state index is 12.5. The van der Waals surface area contributed by atoms with E-state index in [-0.39, 0.29) is 16.6 Å². The van der Waals surface area contributed by atoms with E-state index in [0.29, 0.717) is 28.1 Å². The Labute approximate surface area is 196 Å². The summed E-state index contributed by atoms with van der Waals surface area (Å²) in [7, 11) is -3.67. The lowest BCUT2D eigenvalue weighted by Gasteiger charge is -2.12. The zero-order valence-corrected chi connectivity index (χ0v) is 18.7. The fourth-order valence-corrected chi connectivity index (χ4v) is 4.02. The highest BCUT2D eigenvalue weighted by Crippen LogP contribution is 2.42. The highest BCUT2D eigenvalue weighted by molar-refractivity contribution is 7.93. The van der Waals surface area contributed by atoms with E-state index in [1.807, 2.05) is 0 Å². The van der Waals surface area contributed by atoms with E-state index >= 15 is 0 Å². The molecule has 1 aliphatic rings. The average Bonchev–Trinajstić information content (AvgIpc) is 2.87. The minimum atomic E-state index is -4.85. The fraction of sp³-hybridized carbons (Fsp3) is 0.0952. The van der Waals surface area contributed by atoms with Crippen LogP contribution in [0.25, 0.3) is 11.1 Å². The van der Waals surface area contributed by atoms with Gasteiger partial charge in [-0.25, -0.2) is 13.4 Å². The minimum absolute atomic E-state index is 0.00578. The molecule has 0 saturated heterocycles. The van der Waals surface area contributed by atoms with Gasteiger partial charge >= 0.3 is 6.36 Å². The lowest BCUT2D eigenvalue weighted by Crippen LogP contribution is -2.16. The summed E-state index contributed by atoms with van der Waals surface area (Å²) < 4.78 is 73.2. The Hall–Kier alpha value is -2.95. The van der Waals surface area contributed by atoms with E-state index in [1.54, 1.807) is 42.5 Å². The van der Waals surface area contributed by atoms with Gasteiger partial charge in [-0.1, -0.05) is 29.8 Å². The molecule has 4 rings (SSSR count). The largest absolute Gasteiger partial charge is 0.573 e. The van der Waals surface area contributed by atoms with E-state index in [2.05, 4.69) is 14.5 Å². The molecule has 1 heterocycles. The van der Waals surface area contributed by atoms with E-state index < -0.39 is 27.3 Å². The number of ether oxygens (including phenoxy) is 2. The summed E-state index contributed by atoms with van der Waals surface area (Å²) in [6.45, 7) is 0. The van der Waals surface area contributed by atoms with Crippen molar-refractivity contribution in [1.29, 1.82) is 0 Å². The number of alkyl halides is 4. The Morgan fingerprint density at radius 3 is 2.45 bits per heavy atom. The van der Waals surface area contributed by atoms with Gasteiger partial charge in [0.2, 0.25) is 10.0 Å². The summed E-state index contributed by atoms with van der Waals surface area (Å²) in [5.74, 6) is 0.0855. The van der Waals surface area contributed by atoms with Crippen LogP contribution in [0.1, 0.15) is 5.56 Å². The van der Waals surface area contributed by atoms with Crippen LogP contribution < -0.4 is 14.2 Å². The van der Waals surface area contributed by atoms with Gasteiger partial charge in [0.25, 0.3) is 0 Å². The molecule has 0 unspecified atom stereocenters. The number of rotatable bonds is 5. The van der Waals surface area contributed by atoms with Gasteiger partial charge in [-0.3, -0.25) is 4.72 Å². The molecule has 12 heteroatoms. The van der Waals surface area contributed by atoms with Crippen molar-refractivity contribution in [3.63, 3.8) is 0 Å². The predicted octanol–water partition coefficient (Wildman–Crippen LogP) is 6.61. The molecule has 1 N–H and O–H groups in total. The number of benzene rings is 3. The van der Waals surface area contributed by atoms with Crippen LogP contribution in [0.3, 0.4) is 0 Å². The Morgan fingerprint density at radius 2 is 1.73 bits per heavy atom. The smallest absolute Gasteiger partial charge is 0.454 e. The van der Waals surface area contributed by atoms with Crippen LogP contribution in [0.15, 0.2) is 65.7 Å². The second-order valence-corrected chi connectivity index (χ2v) is 9.46. The van der Waals surface area contributed by atoms with Crippen molar-refractivity contribution in [1.82, 2.24) is 0 Å². The number of nitrogens with one attached hydrogen (secondary N) is 1. The standard InChI is InChI=1S/C21H13Cl2F3N2O4S/c22-11-33(29,30)28-14-3-1-2-12(8-14)13-4-6-18-16(9-13)20(23)27-17-10-15(32-21(24,25)26)5-7-19(17)31-18/h1-10,28H,11H2. The lowest BCUT2D eigenvalue weighted by atomic mass is 10.0. The topological polar surface area (TPSA) is 77.0 Å². The first kappa shape index (κ1) is 23.2. The molecule has 0 atom stereocenters. The van der Waals surface area contributed by atoms with Gasteiger partial charge in [-0.15, -0.1) is 24.8 Å². The van der Waals surface area contributed by atoms with E-state index in [0.717, 1.165) is 12.1 Å². The average molecular weight is 517 g/mol. The molecule has 0 fully saturated rings. The van der Waals surface area contributed by atoms with Crippen molar-refractivity contribution >= 4 is 49.8 Å². The van der Waals surface area contributed by atoms with Gasteiger partial charge in [0, 0.05) is 11.8 Å². The number of sulfonamides is 1. The fourth-order valence-electron chi connectivity index (χ4n) is 3.08. The van der Waals surface area contributed by atoms with Crippen molar-refractivity contribution in [3.8, 4) is 28.4 Å². The Balaban J connectivity index is 1.69. The van der Waals surface area contributed by atoms with Crippen LogP contribution in [0.2, 0.25) is 0 Å². The number of fused-ring (bicyclic) bond motifs is 2. The molecule has 3 aromatic carbocycles. The number of hydrogen-bond acceptors (Lipinski definition) is 5. The summed E-state index contributed by atoms with van der Waals surface area (Å²) in [5.41, 5.74) is 2.13. The second-order valence-electron chi connectivity index (χ2n) is 6.80. The van der Waals surface area contributed by atoms with Gasteiger partial charge in [-0.05, 0) is 47.5 Å². The predicted molar refractivity (Wildman–Crippen MR) is 120 cm³/mol. The molecule has 0 amide bonds. The first-order valence-corrected chi connectivity index (χ1v) is 11.7. The Bertz CT molecular complexity index is 1360. The summed E-state index contributed by atoms with van der Waals surface area (Å²) in [4.78, 5) is 4.19. The molecule has 0 spiro atoms. The SMILES string of the molecule is O=S(=O)(CCl)Nc1cccc(-c2ccc3c(c2)C(Cl)=Nc2cc(OC(F)(F)F)ccc2O3)c1. The van der Waals surface area contributed by atoms with Crippen molar-refractivity contribution in [2.75, 3.05) is 9.93 Å². The first-order chi connectivity index (χ1) is 15.5. The van der Waals surface area contributed by atoms with Gasteiger partial charge in [0.15, 0.2) is 5.75 Å². The summed E-state index contributed by atoms with van der Waals surface area (Å²) >= 11 is 11.8. The molecular formula is C21H13Cl2F3N2O4S. The molecule has 0 aliphatic carbocycles. The molecule has 1 aliphatic heterocycles. The molecule has 0 saturated carbocycles. The van der Waals surface area contributed by atoms with Gasteiger partial charge < -0.3 is 9.47 Å². The molecule has 6 nitrogen and oxygen atoms in total. The molecule has 172 valence electrons. The van der Waals surface area contributed by atoms with E-state index in [9.17, 15) is 21.6 Å². The van der Waals surface area contributed by atoms with Crippen LogP contribution in [0.5, 0.6) is 17.2 Å². The van der Waals surface area contributed by atoms with Crippen molar-refractivity contribution in [3.05, 3.63) is 66.2 Å². The van der Waals surface area contributed by atoms with E-state index in [1.165, 1.54) is 6.07 Å². The normalized spacial score (nSPS) is 13.2. The van der Waals surface area contributed by atoms with Crippen LogP contribution in [-0.4, -0.2) is 25.2 Å². The third-order valence-electron chi connectivity index (χ3n) is 4.42. The Morgan fingerprint density at radius 1 is 1.00 bits per heavy atom. The van der Waals surface area contributed by atoms with Crippen LogP contribution in [-0.2, 0) is 10.0 Å². The Kier molecular flexibility index (Phi) is 6.17. The zero-order valence-electron chi connectivity index (χ0n) is 16.4. The summed E-state index contributed by atoms with van der Waals surface area (Å²) in [5, 5.41) is -0.593. The lowest BCUT2D eigenvalue weighted by molar-refractivity contribution is -0.274. The van der Waals surface area contributed by atoms with E-state index in [4.69, 9.17) is 27.9 Å². The number of hydrogen-bond donors (Lipinski definition) is 1. The number of halogens is 5. The number of aliphatic imine (C=N–C) groups is 1. The molecule has 0 radical (unpaired) electrons. The second kappa shape index (κ2) is 8.77. The van der Waals surface area contributed by atoms with Crippen LogP contribution in [0.4, 0.5) is 24.5 Å². The quantitative estimate of drug-likeness (QED) is 0.387. The third-order valence-corrected chi connectivity index (χ3v) is 6.40. The third kappa shape index (κ3) is 5.52. The maximum absolute atomic E-state index is 12.5. The van der Waals surface area contributed by atoms with Gasteiger partial charge in [-0.2, -0.15) is 0 Å². The van der Waals surface area contributed by atoms with Crippen molar-refractivity contribution in [2.45, 2.75) is 6.36 Å². The number of anilines is 1. The molecule has 33 heavy (non-hydrogen) atoms. The summed E-state index contributed by atoms with van der Waals surface area (Å²) in [6.07, 6.45) is -4.85. The monoisotopic (exact) mass is 516 g/mol. The van der Waals surface area contributed by atoms with Crippen LogP contribution >= 0.6 is 23.2 Å².